The van der Waals surface area contributed by atoms with Gasteiger partial charge in [0, 0.05) is 0 Å². The van der Waals surface area contributed by atoms with E-state index >= 15 is 0 Å². The summed E-state index contributed by atoms with van der Waals surface area (Å²) in [7, 11) is -1.71. The minimum atomic E-state index is -3.29. The summed E-state index contributed by atoms with van der Waals surface area (Å²) in [4.78, 5) is 0. The molecule has 5 nitrogen and oxygen atoms in total. The highest BCUT2D eigenvalue weighted by Gasteiger charge is 2.11. The van der Waals surface area contributed by atoms with Gasteiger partial charge in [-0.15, -0.1) is 0 Å². The molecular weight excluding hydrogens is 264 g/mol. The van der Waals surface area contributed by atoms with Crippen LogP contribution in [-0.4, -0.2) is 34.4 Å². The summed E-state index contributed by atoms with van der Waals surface area (Å²) in [5, 5.41) is 3.10. The van der Waals surface area contributed by atoms with Gasteiger partial charge < -0.3 is 10.1 Å². The highest BCUT2D eigenvalue weighted by molar-refractivity contribution is 7.92. The molecule has 1 rings (SSSR count). The van der Waals surface area contributed by atoms with Gasteiger partial charge in [-0.3, -0.25) is 4.72 Å². The standard InChI is InChI=1S/C13H22N2O3S/c1-4-14-8-5-9-19(16,17)15-13-7-6-12(18-3)10-11(13)2/h6-7,10,14-15H,4-5,8-9H2,1-3H3. The molecule has 0 saturated heterocycles. The minimum absolute atomic E-state index is 0.117. The number of aryl methyl sites for hydroxylation is 1. The van der Waals surface area contributed by atoms with Crippen molar-refractivity contribution < 1.29 is 13.2 Å². The topological polar surface area (TPSA) is 67.4 Å². The fourth-order valence-corrected chi connectivity index (χ4v) is 2.85. The third-order valence-electron chi connectivity index (χ3n) is 2.72. The molecule has 0 amide bonds. The SMILES string of the molecule is CCNCCCS(=O)(=O)Nc1ccc(OC)cc1C. The summed E-state index contributed by atoms with van der Waals surface area (Å²) >= 11 is 0. The Hall–Kier alpha value is -1.27. The number of hydrogen-bond donors (Lipinski definition) is 2. The van der Waals surface area contributed by atoms with Gasteiger partial charge in [-0.25, -0.2) is 8.42 Å². The highest BCUT2D eigenvalue weighted by atomic mass is 32.2. The highest BCUT2D eigenvalue weighted by Crippen LogP contribution is 2.22. The van der Waals surface area contributed by atoms with E-state index in [2.05, 4.69) is 10.0 Å². The largest absolute Gasteiger partial charge is 0.497 e. The maximum absolute atomic E-state index is 11.9. The molecule has 0 spiro atoms. The molecule has 0 aliphatic carbocycles. The number of nitrogens with one attached hydrogen (secondary N) is 2. The van der Waals surface area contributed by atoms with E-state index in [1.165, 1.54) is 0 Å². The van der Waals surface area contributed by atoms with Gasteiger partial charge in [-0.05, 0) is 50.2 Å². The van der Waals surface area contributed by atoms with Gasteiger partial charge in [0.2, 0.25) is 10.0 Å². The van der Waals surface area contributed by atoms with Gasteiger partial charge in [-0.1, -0.05) is 6.92 Å². The molecule has 0 aliphatic heterocycles. The van der Waals surface area contributed by atoms with E-state index in [0.29, 0.717) is 24.4 Å². The Bertz CT molecular complexity index is 501. The van der Waals surface area contributed by atoms with Gasteiger partial charge in [0.1, 0.15) is 5.75 Å². The molecule has 0 radical (unpaired) electrons. The molecule has 2 N–H and O–H groups in total. The molecular formula is C13H22N2O3S. The summed E-state index contributed by atoms with van der Waals surface area (Å²) < 4.78 is 31.5. The molecule has 0 atom stereocenters. The van der Waals surface area contributed by atoms with Crippen LogP contribution in [0.25, 0.3) is 0 Å². The van der Waals surface area contributed by atoms with Gasteiger partial charge >= 0.3 is 0 Å². The van der Waals surface area contributed by atoms with Crippen molar-refractivity contribution in [1.29, 1.82) is 0 Å². The van der Waals surface area contributed by atoms with Crippen LogP contribution in [0.2, 0.25) is 0 Å². The molecule has 0 unspecified atom stereocenters. The normalized spacial score (nSPS) is 11.3. The van der Waals surface area contributed by atoms with Gasteiger partial charge in [0.05, 0.1) is 18.6 Å². The Morgan fingerprint density at radius 3 is 2.63 bits per heavy atom. The van der Waals surface area contributed by atoms with Gasteiger partial charge in [-0.2, -0.15) is 0 Å². The lowest BCUT2D eigenvalue weighted by Crippen LogP contribution is -2.22. The molecule has 0 aromatic heterocycles. The van der Waals surface area contributed by atoms with E-state index in [4.69, 9.17) is 4.74 Å². The predicted octanol–water partition coefficient (Wildman–Crippen LogP) is 1.74. The molecule has 1 aromatic carbocycles. The van der Waals surface area contributed by atoms with Crippen LogP contribution in [0.15, 0.2) is 18.2 Å². The maximum Gasteiger partial charge on any atom is 0.232 e. The van der Waals surface area contributed by atoms with E-state index in [-0.39, 0.29) is 5.75 Å². The van der Waals surface area contributed by atoms with Crippen molar-refractivity contribution in [1.82, 2.24) is 5.32 Å². The van der Waals surface area contributed by atoms with Crippen LogP contribution < -0.4 is 14.8 Å². The van der Waals surface area contributed by atoms with Crippen molar-refractivity contribution in [3.8, 4) is 5.75 Å². The van der Waals surface area contributed by atoms with Crippen molar-refractivity contribution >= 4 is 15.7 Å². The van der Waals surface area contributed by atoms with E-state index < -0.39 is 10.0 Å². The number of anilines is 1. The molecule has 0 bridgehead atoms. The zero-order chi connectivity index (χ0) is 14.3. The zero-order valence-electron chi connectivity index (χ0n) is 11.7. The van der Waals surface area contributed by atoms with Crippen molar-refractivity contribution in [2.75, 3.05) is 30.7 Å². The molecule has 19 heavy (non-hydrogen) atoms. The monoisotopic (exact) mass is 286 g/mol. The van der Waals surface area contributed by atoms with E-state index in [9.17, 15) is 8.42 Å². The second-order valence-electron chi connectivity index (χ2n) is 4.31. The molecule has 108 valence electrons. The minimum Gasteiger partial charge on any atom is -0.497 e. The summed E-state index contributed by atoms with van der Waals surface area (Å²) in [6, 6.07) is 5.26. The summed E-state index contributed by atoms with van der Waals surface area (Å²) in [5.74, 6) is 0.832. The van der Waals surface area contributed by atoms with Crippen LogP contribution in [0.4, 0.5) is 5.69 Å². The Balaban J connectivity index is 2.62. The average Bonchev–Trinajstić information content (AvgIpc) is 2.37. The Kier molecular flexibility index (Phi) is 6.11. The molecule has 6 heteroatoms. The Morgan fingerprint density at radius 2 is 2.05 bits per heavy atom. The lowest BCUT2D eigenvalue weighted by Gasteiger charge is -2.11. The molecule has 0 heterocycles. The van der Waals surface area contributed by atoms with Crippen LogP contribution >= 0.6 is 0 Å². The van der Waals surface area contributed by atoms with E-state index in [1.807, 2.05) is 13.8 Å². The number of ether oxygens (including phenoxy) is 1. The first kappa shape index (κ1) is 15.8. The summed E-state index contributed by atoms with van der Waals surface area (Å²) in [5.41, 5.74) is 1.44. The lowest BCUT2D eigenvalue weighted by molar-refractivity contribution is 0.414. The lowest BCUT2D eigenvalue weighted by atomic mass is 10.2. The number of benzene rings is 1. The van der Waals surface area contributed by atoms with Crippen LogP contribution in [0.1, 0.15) is 18.9 Å². The summed E-state index contributed by atoms with van der Waals surface area (Å²) in [6.07, 6.45) is 0.596. The van der Waals surface area contributed by atoms with Crippen LogP contribution in [0.5, 0.6) is 5.75 Å². The first-order valence-corrected chi connectivity index (χ1v) is 7.99. The van der Waals surface area contributed by atoms with Crippen LogP contribution in [0, 0.1) is 6.92 Å². The van der Waals surface area contributed by atoms with Crippen LogP contribution in [-0.2, 0) is 10.0 Å². The van der Waals surface area contributed by atoms with Gasteiger partial charge in [0.15, 0.2) is 0 Å². The Morgan fingerprint density at radius 1 is 1.32 bits per heavy atom. The van der Waals surface area contributed by atoms with Crippen molar-refractivity contribution in [2.45, 2.75) is 20.3 Å². The predicted molar refractivity (Wildman–Crippen MR) is 78.3 cm³/mol. The summed E-state index contributed by atoms with van der Waals surface area (Å²) in [6.45, 7) is 5.40. The number of hydrogen-bond acceptors (Lipinski definition) is 4. The quantitative estimate of drug-likeness (QED) is 0.714. The average molecular weight is 286 g/mol. The van der Waals surface area contributed by atoms with E-state index in [0.717, 1.165) is 12.1 Å². The molecule has 0 aliphatic rings. The third-order valence-corrected chi connectivity index (χ3v) is 4.07. The molecule has 1 aromatic rings. The molecule has 0 fully saturated rings. The second kappa shape index (κ2) is 7.35. The van der Waals surface area contributed by atoms with Crippen molar-refractivity contribution in [3.63, 3.8) is 0 Å². The first-order valence-electron chi connectivity index (χ1n) is 6.34. The second-order valence-corrected chi connectivity index (χ2v) is 6.15. The van der Waals surface area contributed by atoms with Crippen LogP contribution in [0.3, 0.4) is 0 Å². The third kappa shape index (κ3) is 5.48. The van der Waals surface area contributed by atoms with E-state index in [1.54, 1.807) is 25.3 Å². The molecule has 0 saturated carbocycles. The fourth-order valence-electron chi connectivity index (χ4n) is 1.66. The van der Waals surface area contributed by atoms with Crippen molar-refractivity contribution in [3.05, 3.63) is 23.8 Å². The Labute approximate surface area is 115 Å². The zero-order valence-corrected chi connectivity index (χ0v) is 12.5. The smallest absolute Gasteiger partial charge is 0.232 e. The first-order chi connectivity index (χ1) is 8.98. The number of rotatable bonds is 8. The van der Waals surface area contributed by atoms with Crippen molar-refractivity contribution in [2.24, 2.45) is 0 Å². The number of sulfonamides is 1. The maximum atomic E-state index is 11.9. The number of methoxy groups -OCH3 is 1. The van der Waals surface area contributed by atoms with Gasteiger partial charge in [0.25, 0.3) is 0 Å². The fraction of sp³-hybridized carbons (Fsp3) is 0.538.